The van der Waals surface area contributed by atoms with Crippen molar-refractivity contribution < 1.29 is 13.7 Å². The zero-order valence-electron chi connectivity index (χ0n) is 15.7. The smallest absolute Gasteiger partial charge is 0.248 e. The summed E-state index contributed by atoms with van der Waals surface area (Å²) in [5.74, 6) is 1.35. The second kappa shape index (κ2) is 9.86. The first-order valence-electron chi connectivity index (χ1n) is 8.71. The molecule has 7 nitrogen and oxygen atoms in total. The molecule has 0 aliphatic heterocycles. The molecule has 0 saturated heterocycles. The number of ether oxygens (including phenoxy) is 1. The summed E-state index contributed by atoms with van der Waals surface area (Å²) in [5.41, 5.74) is 0.865. The van der Waals surface area contributed by atoms with Crippen LogP contribution in [0.3, 0.4) is 0 Å². The average molecular weight is 363 g/mol. The van der Waals surface area contributed by atoms with E-state index in [0.717, 1.165) is 5.56 Å². The van der Waals surface area contributed by atoms with Crippen LogP contribution in [0.15, 0.2) is 33.8 Å². The van der Waals surface area contributed by atoms with E-state index in [4.69, 9.17) is 9.26 Å². The van der Waals surface area contributed by atoms with Crippen LogP contribution in [0.2, 0.25) is 0 Å². The van der Waals surface area contributed by atoms with Crippen LogP contribution in [0.5, 0.6) is 0 Å². The van der Waals surface area contributed by atoms with Crippen molar-refractivity contribution in [2.75, 3.05) is 20.2 Å². The number of hydrogen-bond donors (Lipinski definition) is 1. The van der Waals surface area contributed by atoms with E-state index in [1.807, 2.05) is 38.8 Å². The van der Waals surface area contributed by atoms with Gasteiger partial charge in [0.05, 0.1) is 0 Å². The van der Waals surface area contributed by atoms with Crippen molar-refractivity contribution in [1.82, 2.24) is 20.4 Å². The molecule has 26 heavy (non-hydrogen) atoms. The van der Waals surface area contributed by atoms with E-state index in [0.29, 0.717) is 37.4 Å². The second-order valence-corrected chi connectivity index (χ2v) is 5.80. The van der Waals surface area contributed by atoms with Crippen LogP contribution >= 0.6 is 0 Å². The quantitative estimate of drug-likeness (QED) is 0.574. The minimum absolute atomic E-state index is 0.217. The Morgan fingerprint density at radius 2 is 2.23 bits per heavy atom. The van der Waals surface area contributed by atoms with Crippen LogP contribution in [0.25, 0.3) is 0 Å². The number of hydrogen-bond acceptors (Lipinski definition) is 5. The van der Waals surface area contributed by atoms with Gasteiger partial charge in [-0.2, -0.15) is 4.98 Å². The molecule has 2 aromatic rings. The SMILES string of the molecule is CCNC(=NCc1nc(C(C)OCC)no1)N(C)Cc1cccc(F)c1. The molecule has 0 amide bonds. The van der Waals surface area contributed by atoms with Crippen LogP contribution in [-0.4, -0.2) is 41.2 Å². The number of nitrogens with zero attached hydrogens (tertiary/aromatic N) is 4. The van der Waals surface area contributed by atoms with Gasteiger partial charge in [0.15, 0.2) is 11.8 Å². The molecule has 0 spiro atoms. The topological polar surface area (TPSA) is 75.8 Å². The van der Waals surface area contributed by atoms with Crippen LogP contribution in [0, 0.1) is 5.82 Å². The number of aromatic nitrogens is 2. The van der Waals surface area contributed by atoms with E-state index >= 15 is 0 Å². The van der Waals surface area contributed by atoms with Crippen LogP contribution < -0.4 is 5.32 Å². The Labute approximate surface area is 153 Å². The van der Waals surface area contributed by atoms with E-state index in [1.54, 1.807) is 6.07 Å². The molecule has 0 bridgehead atoms. The first-order chi connectivity index (χ1) is 12.5. The molecule has 0 saturated carbocycles. The van der Waals surface area contributed by atoms with Crippen LogP contribution in [0.4, 0.5) is 4.39 Å². The molecule has 0 aliphatic carbocycles. The van der Waals surface area contributed by atoms with Gasteiger partial charge in [0, 0.05) is 26.7 Å². The Morgan fingerprint density at radius 1 is 1.42 bits per heavy atom. The summed E-state index contributed by atoms with van der Waals surface area (Å²) in [6.07, 6.45) is -0.217. The largest absolute Gasteiger partial charge is 0.371 e. The van der Waals surface area contributed by atoms with Gasteiger partial charge >= 0.3 is 0 Å². The fraction of sp³-hybridized carbons (Fsp3) is 0.500. The summed E-state index contributed by atoms with van der Waals surface area (Å²) >= 11 is 0. The van der Waals surface area contributed by atoms with Gasteiger partial charge in [-0.3, -0.25) is 0 Å². The highest BCUT2D eigenvalue weighted by molar-refractivity contribution is 5.79. The molecule has 142 valence electrons. The lowest BCUT2D eigenvalue weighted by Crippen LogP contribution is -2.38. The number of guanidine groups is 1. The van der Waals surface area contributed by atoms with Crippen molar-refractivity contribution in [3.05, 3.63) is 47.4 Å². The Hall–Kier alpha value is -2.48. The zero-order chi connectivity index (χ0) is 18.9. The molecule has 1 unspecified atom stereocenters. The number of rotatable bonds is 8. The predicted molar refractivity (Wildman–Crippen MR) is 97.0 cm³/mol. The molecular weight excluding hydrogens is 337 g/mol. The molecule has 1 N–H and O–H groups in total. The van der Waals surface area contributed by atoms with Crippen molar-refractivity contribution in [2.45, 2.75) is 40.0 Å². The summed E-state index contributed by atoms with van der Waals surface area (Å²) in [6, 6.07) is 6.52. The van der Waals surface area contributed by atoms with Crippen molar-refractivity contribution in [3.63, 3.8) is 0 Å². The third kappa shape index (κ3) is 5.80. The van der Waals surface area contributed by atoms with E-state index in [2.05, 4.69) is 20.4 Å². The van der Waals surface area contributed by atoms with Gasteiger partial charge in [-0.25, -0.2) is 9.38 Å². The van der Waals surface area contributed by atoms with Gasteiger partial charge in [0.25, 0.3) is 0 Å². The van der Waals surface area contributed by atoms with Gasteiger partial charge in [0.1, 0.15) is 18.5 Å². The molecule has 2 rings (SSSR count). The van der Waals surface area contributed by atoms with Crippen molar-refractivity contribution in [3.8, 4) is 0 Å². The number of nitrogens with one attached hydrogen (secondary N) is 1. The zero-order valence-corrected chi connectivity index (χ0v) is 15.7. The predicted octanol–water partition coefficient (Wildman–Crippen LogP) is 2.90. The Balaban J connectivity index is 2.03. The highest BCUT2D eigenvalue weighted by Gasteiger charge is 2.14. The molecular formula is C18H26FN5O2. The third-order valence-corrected chi connectivity index (χ3v) is 3.63. The van der Waals surface area contributed by atoms with Crippen LogP contribution in [0.1, 0.15) is 44.2 Å². The van der Waals surface area contributed by atoms with Gasteiger partial charge in [-0.1, -0.05) is 17.3 Å². The van der Waals surface area contributed by atoms with Gasteiger partial charge in [-0.15, -0.1) is 0 Å². The molecule has 1 aromatic heterocycles. The van der Waals surface area contributed by atoms with Crippen LogP contribution in [-0.2, 0) is 17.8 Å². The lowest BCUT2D eigenvalue weighted by atomic mass is 10.2. The minimum atomic E-state index is -0.250. The van der Waals surface area contributed by atoms with E-state index in [-0.39, 0.29) is 18.5 Å². The standard InChI is InChI=1S/C18H26FN5O2/c1-5-20-18(24(4)12-14-8-7-9-15(19)10-14)21-11-16-22-17(23-26-16)13(3)25-6-2/h7-10,13H,5-6,11-12H2,1-4H3,(H,20,21). The van der Waals surface area contributed by atoms with E-state index < -0.39 is 0 Å². The summed E-state index contributed by atoms with van der Waals surface area (Å²) in [4.78, 5) is 10.7. The average Bonchev–Trinajstić information content (AvgIpc) is 3.08. The second-order valence-electron chi connectivity index (χ2n) is 5.80. The van der Waals surface area contributed by atoms with Gasteiger partial charge in [-0.05, 0) is 38.5 Å². The van der Waals surface area contributed by atoms with Crippen molar-refractivity contribution >= 4 is 5.96 Å². The molecule has 0 aliphatic rings. The maximum Gasteiger partial charge on any atom is 0.248 e. The van der Waals surface area contributed by atoms with Crippen molar-refractivity contribution in [1.29, 1.82) is 0 Å². The van der Waals surface area contributed by atoms with Crippen molar-refractivity contribution in [2.24, 2.45) is 4.99 Å². The monoisotopic (exact) mass is 363 g/mol. The normalized spacial score (nSPS) is 12.9. The lowest BCUT2D eigenvalue weighted by molar-refractivity contribution is 0.0683. The van der Waals surface area contributed by atoms with E-state index in [1.165, 1.54) is 12.1 Å². The first kappa shape index (κ1) is 19.8. The number of benzene rings is 1. The fourth-order valence-electron chi connectivity index (χ4n) is 2.42. The van der Waals surface area contributed by atoms with Gasteiger partial charge in [0.2, 0.25) is 5.89 Å². The van der Waals surface area contributed by atoms with E-state index in [9.17, 15) is 4.39 Å². The Bertz CT molecular complexity index is 719. The number of aliphatic imine (C=N–C) groups is 1. The summed E-state index contributed by atoms with van der Waals surface area (Å²) in [5, 5.41) is 7.13. The maximum atomic E-state index is 13.4. The third-order valence-electron chi connectivity index (χ3n) is 3.63. The number of halogens is 1. The lowest BCUT2D eigenvalue weighted by Gasteiger charge is -2.22. The van der Waals surface area contributed by atoms with Gasteiger partial charge < -0.3 is 19.5 Å². The summed E-state index contributed by atoms with van der Waals surface area (Å²) in [6.45, 7) is 7.85. The summed E-state index contributed by atoms with van der Waals surface area (Å²) in [7, 11) is 1.89. The molecule has 0 radical (unpaired) electrons. The summed E-state index contributed by atoms with van der Waals surface area (Å²) < 4.78 is 24.0. The fourth-order valence-corrected chi connectivity index (χ4v) is 2.42. The molecule has 1 heterocycles. The molecule has 8 heteroatoms. The Kier molecular flexibility index (Phi) is 7.53. The molecule has 1 aromatic carbocycles. The minimum Gasteiger partial charge on any atom is -0.371 e. The molecule has 1 atom stereocenters. The Morgan fingerprint density at radius 3 is 2.92 bits per heavy atom. The highest BCUT2D eigenvalue weighted by atomic mass is 19.1. The molecule has 0 fully saturated rings. The maximum absolute atomic E-state index is 13.4. The highest BCUT2D eigenvalue weighted by Crippen LogP contribution is 2.13. The first-order valence-corrected chi connectivity index (χ1v) is 8.71.